The van der Waals surface area contributed by atoms with Crippen molar-refractivity contribution < 1.29 is 34.2 Å². The lowest BCUT2D eigenvalue weighted by molar-refractivity contribution is -0.144. The fourth-order valence-electron chi connectivity index (χ4n) is 8.20. The number of hydrogen-bond acceptors (Lipinski definition) is 9. The van der Waals surface area contributed by atoms with Crippen molar-refractivity contribution in [1.29, 1.82) is 0 Å². The van der Waals surface area contributed by atoms with Crippen LogP contribution >= 0.6 is 11.3 Å². The fraction of sp³-hybridized carbons (Fsp3) is 0.400. The van der Waals surface area contributed by atoms with Gasteiger partial charge in [-0.05, 0) is 89.6 Å². The molecule has 3 aromatic carbocycles. The van der Waals surface area contributed by atoms with E-state index < -0.39 is 35.4 Å². The molecule has 0 spiro atoms. The van der Waals surface area contributed by atoms with Gasteiger partial charge in [0.25, 0.3) is 5.91 Å². The molecule has 5 aromatic rings. The third kappa shape index (κ3) is 12.5. The van der Waals surface area contributed by atoms with Crippen LogP contribution in [-0.4, -0.2) is 99.8 Å². The summed E-state index contributed by atoms with van der Waals surface area (Å²) in [6, 6.07) is 24.1. The predicted octanol–water partition coefficient (Wildman–Crippen LogP) is 6.85. The van der Waals surface area contributed by atoms with Gasteiger partial charge in [0.1, 0.15) is 12.1 Å². The number of H-pyrrole nitrogens is 1. The SMILES string of the molecule is Cc1ccsc1-c1ccc([C@@H](C)NC(=O)[C@@H]2C[C@H](O)CN2C(=O)[C@H](NC(=O)CCOCCN(CCc2c(C)[nH]c3ccccc23)Cc2ccc(/C=C/C(=O)NO)cc2)C(C)(C)C)cc1. The van der Waals surface area contributed by atoms with Gasteiger partial charge in [0.15, 0.2) is 0 Å². The molecule has 340 valence electrons. The number of nitrogens with zero attached hydrogens (tertiary/aromatic N) is 2. The Labute approximate surface area is 379 Å². The van der Waals surface area contributed by atoms with Gasteiger partial charge in [0, 0.05) is 66.6 Å². The van der Waals surface area contributed by atoms with E-state index in [4.69, 9.17) is 9.94 Å². The lowest BCUT2D eigenvalue weighted by atomic mass is 9.85. The molecule has 1 aliphatic heterocycles. The molecule has 13 nitrogen and oxygen atoms in total. The first-order chi connectivity index (χ1) is 30.6. The number of nitrogens with one attached hydrogen (secondary N) is 4. The van der Waals surface area contributed by atoms with Crippen molar-refractivity contribution in [2.45, 2.75) is 91.6 Å². The molecule has 6 N–H and O–H groups in total. The van der Waals surface area contributed by atoms with E-state index in [2.05, 4.69) is 57.9 Å². The van der Waals surface area contributed by atoms with E-state index in [1.807, 2.05) is 88.4 Å². The molecular formula is C50H62N6O7S. The summed E-state index contributed by atoms with van der Waals surface area (Å²) in [4.78, 5) is 61.2. The lowest BCUT2D eigenvalue weighted by Crippen LogP contribution is -2.58. The number of thiophene rings is 1. The molecule has 14 heteroatoms. The maximum Gasteiger partial charge on any atom is 0.267 e. The van der Waals surface area contributed by atoms with E-state index in [1.54, 1.807) is 22.9 Å². The fourth-order valence-corrected chi connectivity index (χ4v) is 9.13. The van der Waals surface area contributed by atoms with E-state index in [0.29, 0.717) is 19.7 Å². The lowest BCUT2D eigenvalue weighted by Gasteiger charge is -2.35. The van der Waals surface area contributed by atoms with Gasteiger partial charge in [-0.15, -0.1) is 11.3 Å². The summed E-state index contributed by atoms with van der Waals surface area (Å²) in [6.07, 6.45) is 2.96. The minimum Gasteiger partial charge on any atom is -0.391 e. The summed E-state index contributed by atoms with van der Waals surface area (Å²) < 4.78 is 6.02. The number of carbonyl (C=O) groups excluding carboxylic acids is 4. The Balaban J connectivity index is 1.02. The molecular weight excluding hydrogens is 829 g/mol. The highest BCUT2D eigenvalue weighted by Gasteiger charge is 2.44. The largest absolute Gasteiger partial charge is 0.391 e. The molecule has 1 aliphatic rings. The second-order valence-corrected chi connectivity index (χ2v) is 18.7. The first-order valence-corrected chi connectivity index (χ1v) is 22.8. The van der Waals surface area contributed by atoms with Gasteiger partial charge >= 0.3 is 0 Å². The number of rotatable bonds is 19. The number of benzene rings is 3. The Hall–Kier alpha value is -5.64. The number of likely N-dealkylation sites (tertiary alicyclic amines) is 1. The summed E-state index contributed by atoms with van der Waals surface area (Å²) in [5.41, 5.74) is 9.55. The van der Waals surface area contributed by atoms with E-state index in [0.717, 1.165) is 46.4 Å². The van der Waals surface area contributed by atoms with Crippen LogP contribution in [0.15, 0.2) is 90.3 Å². The zero-order valence-corrected chi connectivity index (χ0v) is 38.5. The summed E-state index contributed by atoms with van der Waals surface area (Å²) >= 11 is 1.69. The first-order valence-electron chi connectivity index (χ1n) is 21.9. The van der Waals surface area contributed by atoms with Crippen LogP contribution < -0.4 is 16.1 Å². The standard InChI is InChI=1S/C50H62N6O7S/c1-32-23-28-64-46(32)38-18-16-37(17-19-38)33(2)52-48(60)43-29-39(57)31-56(43)49(61)47(50(4,5)6)53-44(58)22-26-63-27-25-55(24-21-40-34(3)51-42-10-8-7-9-41(40)42)30-36-13-11-35(12-14-36)15-20-45(59)54-62/h7-20,23,28,33,39,43,47,51,57,62H,21-22,24-27,29-31H2,1-6H3,(H,52,60)(H,53,58)(H,54,59)/b20-15+/t33-,39+,43+,47+/m1/s1. The highest BCUT2D eigenvalue weighted by atomic mass is 32.1. The minimum absolute atomic E-state index is 0.00730. The van der Waals surface area contributed by atoms with Gasteiger partial charge in [-0.1, -0.05) is 87.5 Å². The molecule has 0 radical (unpaired) electrons. The molecule has 1 saturated heterocycles. The van der Waals surface area contributed by atoms with Gasteiger partial charge in [-0.25, -0.2) is 5.48 Å². The zero-order valence-electron chi connectivity index (χ0n) is 37.6. The zero-order chi connectivity index (χ0) is 46.0. The highest BCUT2D eigenvalue weighted by Crippen LogP contribution is 2.31. The number of ether oxygens (including phenoxy) is 1. The second-order valence-electron chi connectivity index (χ2n) is 17.8. The van der Waals surface area contributed by atoms with E-state index >= 15 is 0 Å². The summed E-state index contributed by atoms with van der Waals surface area (Å²) in [7, 11) is 0. The van der Waals surface area contributed by atoms with Crippen molar-refractivity contribution in [3.8, 4) is 10.4 Å². The predicted molar refractivity (Wildman–Crippen MR) is 251 cm³/mol. The average molecular weight is 891 g/mol. The van der Waals surface area contributed by atoms with Crippen LogP contribution in [0.2, 0.25) is 0 Å². The summed E-state index contributed by atoms with van der Waals surface area (Å²) in [6.45, 7) is 14.2. The number of para-hydroxylation sites is 1. The number of β-amino-alcohol motifs (C(OH)–C–C–N with tert-alkyl or cyclic N) is 1. The van der Waals surface area contributed by atoms with Crippen molar-refractivity contribution >= 4 is 51.9 Å². The number of aromatic nitrogens is 1. The van der Waals surface area contributed by atoms with E-state index in [1.165, 1.54) is 32.4 Å². The van der Waals surface area contributed by atoms with Crippen molar-refractivity contribution in [3.63, 3.8) is 0 Å². The molecule has 1 fully saturated rings. The molecule has 2 aromatic heterocycles. The monoisotopic (exact) mass is 890 g/mol. The normalized spacial score (nSPS) is 16.4. The molecule has 0 aliphatic carbocycles. The number of aromatic amines is 1. The van der Waals surface area contributed by atoms with E-state index in [9.17, 15) is 24.3 Å². The van der Waals surface area contributed by atoms with Gasteiger partial charge in [-0.3, -0.25) is 29.3 Å². The smallest absolute Gasteiger partial charge is 0.267 e. The summed E-state index contributed by atoms with van der Waals surface area (Å²) in [5.74, 6) is -1.72. The Kier molecular flexibility index (Phi) is 16.3. The first kappa shape index (κ1) is 47.8. The Morgan fingerprint density at radius 1 is 0.969 bits per heavy atom. The van der Waals surface area contributed by atoms with Crippen LogP contribution in [0.25, 0.3) is 27.4 Å². The number of aliphatic hydroxyl groups is 1. The average Bonchev–Trinajstić information content (AvgIpc) is 3.98. The number of amides is 4. The molecule has 6 rings (SSSR count). The van der Waals surface area contributed by atoms with Crippen LogP contribution in [0, 0.1) is 19.3 Å². The Morgan fingerprint density at radius 3 is 2.39 bits per heavy atom. The van der Waals surface area contributed by atoms with Crippen molar-refractivity contribution in [2.24, 2.45) is 5.41 Å². The van der Waals surface area contributed by atoms with Crippen LogP contribution in [-0.2, 0) is 36.9 Å². The summed E-state index contributed by atoms with van der Waals surface area (Å²) in [5, 5.41) is 28.7. The number of hydrogen-bond donors (Lipinski definition) is 6. The Bertz CT molecular complexity index is 2400. The van der Waals surface area contributed by atoms with Crippen LogP contribution in [0.3, 0.4) is 0 Å². The maximum atomic E-state index is 14.2. The van der Waals surface area contributed by atoms with Crippen molar-refractivity contribution in [3.05, 3.63) is 124 Å². The number of aryl methyl sites for hydroxylation is 2. The van der Waals surface area contributed by atoms with Gasteiger partial charge in [0.2, 0.25) is 17.7 Å². The van der Waals surface area contributed by atoms with Crippen LogP contribution in [0.5, 0.6) is 0 Å². The number of hydroxylamine groups is 1. The third-order valence-electron chi connectivity index (χ3n) is 11.8. The van der Waals surface area contributed by atoms with Gasteiger partial charge < -0.3 is 30.4 Å². The number of carbonyl (C=O) groups is 4. The highest BCUT2D eigenvalue weighted by molar-refractivity contribution is 7.13. The molecule has 4 atom stereocenters. The maximum absolute atomic E-state index is 14.2. The number of fused-ring (bicyclic) bond motifs is 1. The van der Waals surface area contributed by atoms with Crippen LogP contribution in [0.1, 0.15) is 80.1 Å². The second kappa shape index (κ2) is 21.8. The van der Waals surface area contributed by atoms with Crippen molar-refractivity contribution in [1.82, 2.24) is 30.9 Å². The van der Waals surface area contributed by atoms with Crippen molar-refractivity contribution in [2.75, 3.05) is 32.8 Å². The van der Waals surface area contributed by atoms with E-state index in [-0.39, 0.29) is 43.8 Å². The Morgan fingerprint density at radius 2 is 1.70 bits per heavy atom. The topological polar surface area (TPSA) is 176 Å². The molecule has 64 heavy (non-hydrogen) atoms. The molecule has 0 bridgehead atoms. The van der Waals surface area contributed by atoms with Crippen LogP contribution in [0.4, 0.5) is 0 Å². The molecule has 3 heterocycles. The quantitative estimate of drug-likeness (QED) is 0.0226. The van der Waals surface area contributed by atoms with Gasteiger partial charge in [-0.2, -0.15) is 0 Å². The molecule has 4 amide bonds. The molecule has 0 saturated carbocycles. The minimum atomic E-state index is -0.941. The van der Waals surface area contributed by atoms with Gasteiger partial charge in [0.05, 0.1) is 25.4 Å². The number of aliphatic hydroxyl groups excluding tert-OH is 1. The molecule has 0 unspecified atom stereocenters. The third-order valence-corrected chi connectivity index (χ3v) is 12.9.